The van der Waals surface area contributed by atoms with E-state index in [4.69, 9.17) is 9.15 Å². The largest absolute Gasteiger partial charge is 0.494 e. The molecule has 0 bridgehead atoms. The van der Waals surface area contributed by atoms with Crippen LogP contribution in [0.4, 0.5) is 0 Å². The monoisotopic (exact) mass is 286 g/mol. The number of nitrogens with one attached hydrogen (secondary N) is 1. The summed E-state index contributed by atoms with van der Waals surface area (Å²) in [5.74, 6) is 1.06. The van der Waals surface area contributed by atoms with Gasteiger partial charge in [-0.2, -0.15) is 5.10 Å². The minimum atomic E-state index is -0.280. The van der Waals surface area contributed by atoms with Crippen molar-refractivity contribution >= 4 is 12.1 Å². The van der Waals surface area contributed by atoms with Crippen molar-refractivity contribution in [3.63, 3.8) is 0 Å². The Labute approximate surface area is 123 Å². The van der Waals surface area contributed by atoms with Gasteiger partial charge < -0.3 is 9.15 Å². The molecule has 5 heteroatoms. The molecule has 1 amide bonds. The predicted octanol–water partition coefficient (Wildman–Crippen LogP) is 3.22. The zero-order valence-electron chi connectivity index (χ0n) is 11.9. The fourth-order valence-corrected chi connectivity index (χ4v) is 1.62. The van der Waals surface area contributed by atoms with E-state index in [1.807, 2.05) is 0 Å². The van der Waals surface area contributed by atoms with Gasteiger partial charge in [-0.15, -0.1) is 0 Å². The fraction of sp³-hybridized carbons (Fsp3) is 0.250. The molecule has 1 N–H and O–H groups in total. The number of nitrogens with zero attached hydrogens (tertiary/aromatic N) is 1. The summed E-state index contributed by atoms with van der Waals surface area (Å²) in [7, 11) is 0. The highest BCUT2D eigenvalue weighted by molar-refractivity contribution is 5.94. The highest BCUT2D eigenvalue weighted by atomic mass is 16.5. The quantitative estimate of drug-likeness (QED) is 0.483. The van der Waals surface area contributed by atoms with E-state index in [1.54, 1.807) is 42.7 Å². The first-order valence-corrected chi connectivity index (χ1v) is 6.89. The minimum Gasteiger partial charge on any atom is -0.494 e. The van der Waals surface area contributed by atoms with Gasteiger partial charge in [0.05, 0.1) is 19.1 Å². The van der Waals surface area contributed by atoms with Gasteiger partial charge in [0.25, 0.3) is 5.91 Å². The standard InChI is InChI=1S/C16H18N2O3/c1-2-3-10-20-14-8-6-13(7-9-14)16(19)18-17-12-15-5-4-11-21-15/h4-9,11-12H,2-3,10H2,1H3,(H,18,19)/b17-12-. The van der Waals surface area contributed by atoms with E-state index in [-0.39, 0.29) is 5.91 Å². The first-order chi connectivity index (χ1) is 10.3. The van der Waals surface area contributed by atoms with Crippen LogP contribution in [0.25, 0.3) is 0 Å². The van der Waals surface area contributed by atoms with Gasteiger partial charge in [-0.3, -0.25) is 4.79 Å². The van der Waals surface area contributed by atoms with Crippen molar-refractivity contribution in [2.45, 2.75) is 19.8 Å². The molecule has 2 rings (SSSR count). The van der Waals surface area contributed by atoms with E-state index in [0.717, 1.165) is 18.6 Å². The average Bonchev–Trinajstić information content (AvgIpc) is 3.01. The summed E-state index contributed by atoms with van der Waals surface area (Å²) < 4.78 is 10.6. The summed E-state index contributed by atoms with van der Waals surface area (Å²) in [6.07, 6.45) is 5.10. The van der Waals surface area contributed by atoms with E-state index in [2.05, 4.69) is 17.5 Å². The van der Waals surface area contributed by atoms with E-state index >= 15 is 0 Å². The number of ether oxygens (including phenoxy) is 1. The molecule has 5 nitrogen and oxygen atoms in total. The molecule has 0 unspecified atom stereocenters. The Morgan fingerprint density at radius 2 is 2.14 bits per heavy atom. The van der Waals surface area contributed by atoms with Crippen molar-refractivity contribution in [2.75, 3.05) is 6.61 Å². The number of furan rings is 1. The second-order valence-electron chi connectivity index (χ2n) is 4.44. The van der Waals surface area contributed by atoms with E-state index in [1.165, 1.54) is 6.21 Å². The zero-order valence-corrected chi connectivity index (χ0v) is 11.9. The second kappa shape index (κ2) is 7.89. The van der Waals surface area contributed by atoms with Crippen LogP contribution >= 0.6 is 0 Å². The number of hydrogen-bond donors (Lipinski definition) is 1. The van der Waals surface area contributed by atoms with Crippen LogP contribution in [0.5, 0.6) is 5.75 Å². The molecule has 0 aliphatic rings. The van der Waals surface area contributed by atoms with Gasteiger partial charge in [-0.1, -0.05) is 13.3 Å². The van der Waals surface area contributed by atoms with Crippen molar-refractivity contribution in [3.05, 3.63) is 54.0 Å². The summed E-state index contributed by atoms with van der Waals surface area (Å²) in [6.45, 7) is 2.80. The number of carbonyl (C=O) groups excluding carboxylic acids is 1. The van der Waals surface area contributed by atoms with Crippen molar-refractivity contribution < 1.29 is 13.9 Å². The Hall–Kier alpha value is -2.56. The van der Waals surface area contributed by atoms with Crippen LogP contribution in [0, 0.1) is 0 Å². The number of hydrogen-bond acceptors (Lipinski definition) is 4. The number of unbranched alkanes of at least 4 members (excludes halogenated alkanes) is 1. The van der Waals surface area contributed by atoms with Crippen molar-refractivity contribution in [1.82, 2.24) is 5.43 Å². The Bertz CT molecular complexity index is 574. The normalized spacial score (nSPS) is 10.7. The molecule has 1 aromatic carbocycles. The number of carbonyl (C=O) groups is 1. The van der Waals surface area contributed by atoms with Gasteiger partial charge in [-0.05, 0) is 42.8 Å². The summed E-state index contributed by atoms with van der Waals surface area (Å²) in [5, 5.41) is 3.82. The third-order valence-corrected chi connectivity index (χ3v) is 2.78. The summed E-state index contributed by atoms with van der Waals surface area (Å²) in [4.78, 5) is 11.8. The number of benzene rings is 1. The van der Waals surface area contributed by atoms with Crippen LogP contribution in [0.15, 0.2) is 52.2 Å². The Morgan fingerprint density at radius 1 is 1.33 bits per heavy atom. The van der Waals surface area contributed by atoms with E-state index < -0.39 is 0 Å². The Kier molecular flexibility index (Phi) is 5.58. The predicted molar refractivity (Wildman–Crippen MR) is 80.6 cm³/mol. The van der Waals surface area contributed by atoms with Gasteiger partial charge in [0.1, 0.15) is 11.5 Å². The van der Waals surface area contributed by atoms with Gasteiger partial charge >= 0.3 is 0 Å². The third kappa shape index (κ3) is 4.80. The number of rotatable bonds is 7. The molecule has 1 aromatic heterocycles. The molecule has 0 radical (unpaired) electrons. The minimum absolute atomic E-state index is 0.280. The lowest BCUT2D eigenvalue weighted by molar-refractivity contribution is 0.0955. The smallest absolute Gasteiger partial charge is 0.271 e. The molecule has 0 aliphatic heterocycles. The van der Waals surface area contributed by atoms with Gasteiger partial charge in [-0.25, -0.2) is 5.43 Å². The van der Waals surface area contributed by atoms with Crippen LogP contribution < -0.4 is 10.2 Å². The highest BCUT2D eigenvalue weighted by Gasteiger charge is 2.04. The first-order valence-electron chi connectivity index (χ1n) is 6.89. The maximum absolute atomic E-state index is 11.8. The van der Waals surface area contributed by atoms with Crippen LogP contribution in [0.3, 0.4) is 0 Å². The summed E-state index contributed by atoms with van der Waals surface area (Å²) in [5.41, 5.74) is 2.96. The van der Waals surface area contributed by atoms with Gasteiger partial charge in [0.2, 0.25) is 0 Å². The number of hydrazone groups is 1. The maximum Gasteiger partial charge on any atom is 0.271 e. The maximum atomic E-state index is 11.8. The fourth-order valence-electron chi connectivity index (χ4n) is 1.62. The molecule has 2 aromatic rings. The molecule has 0 saturated carbocycles. The summed E-state index contributed by atoms with van der Waals surface area (Å²) in [6, 6.07) is 10.5. The molecule has 0 spiro atoms. The van der Waals surface area contributed by atoms with Crippen molar-refractivity contribution in [1.29, 1.82) is 0 Å². The second-order valence-corrected chi connectivity index (χ2v) is 4.44. The first kappa shape index (κ1) is 14.8. The molecule has 0 saturated heterocycles. The van der Waals surface area contributed by atoms with Gasteiger partial charge in [0.15, 0.2) is 0 Å². The molecular weight excluding hydrogens is 268 g/mol. The van der Waals surface area contributed by atoms with Crippen LogP contribution in [-0.4, -0.2) is 18.7 Å². The Morgan fingerprint density at radius 3 is 2.81 bits per heavy atom. The van der Waals surface area contributed by atoms with Gasteiger partial charge in [0, 0.05) is 5.56 Å². The molecule has 0 atom stereocenters. The van der Waals surface area contributed by atoms with Crippen molar-refractivity contribution in [3.8, 4) is 5.75 Å². The molecule has 0 fully saturated rings. The SMILES string of the molecule is CCCCOc1ccc(C(=O)N/N=C\c2ccco2)cc1. The lowest BCUT2D eigenvalue weighted by atomic mass is 10.2. The van der Waals surface area contributed by atoms with Crippen molar-refractivity contribution in [2.24, 2.45) is 5.10 Å². The summed E-state index contributed by atoms with van der Waals surface area (Å²) >= 11 is 0. The topological polar surface area (TPSA) is 63.8 Å². The molecule has 110 valence electrons. The van der Waals surface area contributed by atoms with Crippen LogP contribution in [0.1, 0.15) is 35.9 Å². The zero-order chi connectivity index (χ0) is 14.9. The number of amides is 1. The average molecular weight is 286 g/mol. The highest BCUT2D eigenvalue weighted by Crippen LogP contribution is 2.12. The lowest BCUT2D eigenvalue weighted by Gasteiger charge is -2.05. The molecule has 1 heterocycles. The third-order valence-electron chi connectivity index (χ3n) is 2.78. The Balaban J connectivity index is 1.84. The van der Waals surface area contributed by atoms with Crippen LogP contribution in [-0.2, 0) is 0 Å². The molecule has 0 aliphatic carbocycles. The van der Waals surface area contributed by atoms with E-state index in [9.17, 15) is 4.79 Å². The lowest BCUT2D eigenvalue weighted by Crippen LogP contribution is -2.17. The van der Waals surface area contributed by atoms with Crippen LogP contribution in [0.2, 0.25) is 0 Å². The van der Waals surface area contributed by atoms with E-state index in [0.29, 0.717) is 17.9 Å². The molecular formula is C16H18N2O3. The molecule has 21 heavy (non-hydrogen) atoms.